The maximum Gasteiger partial charge on any atom is 0.288 e. The van der Waals surface area contributed by atoms with Crippen molar-refractivity contribution < 1.29 is 14.5 Å². The van der Waals surface area contributed by atoms with E-state index < -0.39 is 11.2 Å². The van der Waals surface area contributed by atoms with Gasteiger partial charge in [-0.3, -0.25) is 14.9 Å². The average molecular weight is 473 g/mol. The lowest BCUT2D eigenvalue weighted by atomic mass is 10.0. The van der Waals surface area contributed by atoms with Crippen LogP contribution in [0.1, 0.15) is 24.3 Å². The molecule has 0 saturated carbocycles. The lowest BCUT2D eigenvalue weighted by Crippen LogP contribution is -2.25. The number of benzene rings is 3. The van der Waals surface area contributed by atoms with Gasteiger partial charge in [-0.2, -0.15) is 5.01 Å². The zero-order valence-corrected chi connectivity index (χ0v) is 18.6. The number of ether oxygens (including phenoxy) is 1. The molecule has 3 aromatic carbocycles. The number of pyridine rings is 1. The van der Waals surface area contributed by atoms with Crippen LogP contribution in [0.2, 0.25) is 5.02 Å². The minimum atomic E-state index is -0.976. The minimum absolute atomic E-state index is 0.00473. The van der Waals surface area contributed by atoms with Gasteiger partial charge in [-0.05, 0) is 18.2 Å². The van der Waals surface area contributed by atoms with Crippen molar-refractivity contribution in [2.24, 2.45) is 5.10 Å². The third-order valence-corrected chi connectivity index (χ3v) is 5.75. The van der Waals surface area contributed by atoms with E-state index in [1.165, 1.54) is 24.1 Å². The number of fused-ring (bicyclic) bond motifs is 1. The van der Waals surface area contributed by atoms with Gasteiger partial charge in [0.2, 0.25) is 18.0 Å². The Kier molecular flexibility index (Phi) is 5.43. The van der Waals surface area contributed by atoms with Crippen LogP contribution in [-0.2, 0) is 9.53 Å². The van der Waals surface area contributed by atoms with Crippen molar-refractivity contribution in [3.63, 3.8) is 0 Å². The van der Waals surface area contributed by atoms with Gasteiger partial charge in [0, 0.05) is 35.1 Å². The molecule has 0 bridgehead atoms. The number of nitro groups is 1. The van der Waals surface area contributed by atoms with Crippen LogP contribution in [-0.4, -0.2) is 26.7 Å². The van der Waals surface area contributed by atoms with E-state index in [-0.39, 0.29) is 22.5 Å². The number of halogens is 1. The average Bonchev–Trinajstić information content (AvgIpc) is 3.30. The molecule has 0 aliphatic carbocycles. The van der Waals surface area contributed by atoms with Gasteiger partial charge in [-0.1, -0.05) is 66.2 Å². The van der Waals surface area contributed by atoms with E-state index in [9.17, 15) is 14.9 Å². The number of carbonyl (C=O) groups is 1. The standard InChI is InChI=1S/C25H17ClN4O4/c1-15(31)29-25(17-11-12-20(26)23(13-17)30(32)33)34-24(28-29)19-14-22(16-7-3-2-4-8-16)27-21-10-6-5-9-18(19)21/h2-14,25H,1H3. The summed E-state index contributed by atoms with van der Waals surface area (Å²) in [6.07, 6.45) is -0.976. The SMILES string of the molecule is CC(=O)N1N=C(c2cc(-c3ccccc3)nc3ccccc23)OC1c1ccc(Cl)c([N+](=O)[O-])c1. The Bertz CT molecular complexity index is 1470. The summed E-state index contributed by atoms with van der Waals surface area (Å²) < 4.78 is 6.14. The molecule has 0 fully saturated rings. The number of hydrogen-bond donors (Lipinski definition) is 0. The van der Waals surface area contributed by atoms with Crippen molar-refractivity contribution in [1.29, 1.82) is 0 Å². The minimum Gasteiger partial charge on any atom is -0.446 e. The molecule has 2 heterocycles. The van der Waals surface area contributed by atoms with E-state index in [0.29, 0.717) is 11.1 Å². The summed E-state index contributed by atoms with van der Waals surface area (Å²) in [6, 6.07) is 23.4. The van der Waals surface area contributed by atoms with E-state index in [4.69, 9.17) is 21.3 Å². The van der Waals surface area contributed by atoms with E-state index in [2.05, 4.69) is 5.10 Å². The Morgan fingerprint density at radius 2 is 1.79 bits per heavy atom. The number of rotatable bonds is 4. The van der Waals surface area contributed by atoms with E-state index in [1.807, 2.05) is 60.7 Å². The normalized spacial score (nSPS) is 15.2. The summed E-state index contributed by atoms with van der Waals surface area (Å²) in [5.41, 5.74) is 3.14. The smallest absolute Gasteiger partial charge is 0.288 e. The third-order valence-electron chi connectivity index (χ3n) is 5.43. The van der Waals surface area contributed by atoms with Crippen molar-refractivity contribution in [2.75, 3.05) is 0 Å². The number of amides is 1. The van der Waals surface area contributed by atoms with Crippen LogP contribution in [0, 0.1) is 10.1 Å². The number of carbonyl (C=O) groups excluding carboxylic acids is 1. The first kappa shape index (κ1) is 21.5. The second kappa shape index (κ2) is 8.57. The van der Waals surface area contributed by atoms with Crippen LogP contribution >= 0.6 is 11.6 Å². The Morgan fingerprint density at radius 1 is 1.06 bits per heavy atom. The Labute approximate surface area is 199 Å². The summed E-state index contributed by atoms with van der Waals surface area (Å²) in [5.74, 6) is -0.159. The zero-order chi connectivity index (χ0) is 23.8. The molecule has 1 atom stereocenters. The topological polar surface area (TPSA) is 97.9 Å². The van der Waals surface area contributed by atoms with Gasteiger partial charge in [0.1, 0.15) is 5.02 Å². The molecule has 9 heteroatoms. The highest BCUT2D eigenvalue weighted by molar-refractivity contribution is 6.32. The van der Waals surface area contributed by atoms with Gasteiger partial charge in [-0.25, -0.2) is 4.98 Å². The molecule has 34 heavy (non-hydrogen) atoms. The molecule has 0 radical (unpaired) electrons. The van der Waals surface area contributed by atoms with Crippen molar-refractivity contribution in [2.45, 2.75) is 13.2 Å². The van der Waals surface area contributed by atoms with Crippen molar-refractivity contribution in [3.05, 3.63) is 105 Å². The maximum absolute atomic E-state index is 12.4. The summed E-state index contributed by atoms with van der Waals surface area (Å²) in [4.78, 5) is 28.0. The molecule has 1 aromatic heterocycles. The molecule has 0 saturated heterocycles. The van der Waals surface area contributed by atoms with Gasteiger partial charge < -0.3 is 4.74 Å². The predicted octanol–water partition coefficient (Wildman–Crippen LogP) is 5.70. The molecule has 8 nitrogen and oxygen atoms in total. The Morgan fingerprint density at radius 3 is 2.53 bits per heavy atom. The zero-order valence-electron chi connectivity index (χ0n) is 17.9. The lowest BCUT2D eigenvalue weighted by molar-refractivity contribution is -0.384. The van der Waals surface area contributed by atoms with Gasteiger partial charge in [0.15, 0.2) is 0 Å². The highest BCUT2D eigenvalue weighted by atomic mass is 35.5. The largest absolute Gasteiger partial charge is 0.446 e. The first-order valence-corrected chi connectivity index (χ1v) is 10.7. The second-order valence-corrected chi connectivity index (χ2v) is 8.05. The summed E-state index contributed by atoms with van der Waals surface area (Å²) in [5, 5.41) is 17.8. The first-order valence-electron chi connectivity index (χ1n) is 10.4. The fourth-order valence-electron chi connectivity index (χ4n) is 3.82. The van der Waals surface area contributed by atoms with E-state index in [0.717, 1.165) is 22.2 Å². The van der Waals surface area contributed by atoms with Crippen LogP contribution in [0.3, 0.4) is 0 Å². The molecule has 5 rings (SSSR count). The van der Waals surface area contributed by atoms with Crippen molar-refractivity contribution >= 4 is 40.0 Å². The highest BCUT2D eigenvalue weighted by Gasteiger charge is 2.35. The van der Waals surface area contributed by atoms with Crippen molar-refractivity contribution in [3.8, 4) is 11.3 Å². The number of nitrogens with zero attached hydrogens (tertiary/aromatic N) is 4. The molecule has 1 amide bonds. The quantitative estimate of drug-likeness (QED) is 0.280. The fourth-order valence-corrected chi connectivity index (χ4v) is 4.01. The summed E-state index contributed by atoms with van der Waals surface area (Å²) in [6.45, 7) is 1.35. The monoisotopic (exact) mass is 472 g/mol. The van der Waals surface area contributed by atoms with Gasteiger partial charge in [0.05, 0.1) is 16.1 Å². The maximum atomic E-state index is 12.4. The first-order chi connectivity index (χ1) is 16.4. The van der Waals surface area contributed by atoms with Crippen LogP contribution in [0.5, 0.6) is 0 Å². The number of hydrazone groups is 1. The molecular formula is C25H17ClN4O4. The fraction of sp³-hybridized carbons (Fsp3) is 0.0800. The molecule has 1 aliphatic heterocycles. The Balaban J connectivity index is 1.63. The number of nitro benzene ring substituents is 1. The molecule has 4 aromatic rings. The molecule has 0 spiro atoms. The molecule has 0 N–H and O–H groups in total. The number of para-hydroxylation sites is 1. The van der Waals surface area contributed by atoms with Gasteiger partial charge in [0.25, 0.3) is 5.69 Å². The second-order valence-electron chi connectivity index (χ2n) is 7.65. The summed E-state index contributed by atoms with van der Waals surface area (Å²) in [7, 11) is 0. The van der Waals surface area contributed by atoms with Gasteiger partial charge in [-0.15, -0.1) is 5.10 Å². The van der Waals surface area contributed by atoms with Crippen LogP contribution in [0.15, 0.2) is 84.0 Å². The summed E-state index contributed by atoms with van der Waals surface area (Å²) >= 11 is 5.96. The van der Waals surface area contributed by atoms with E-state index >= 15 is 0 Å². The molecule has 168 valence electrons. The predicted molar refractivity (Wildman–Crippen MR) is 128 cm³/mol. The van der Waals surface area contributed by atoms with Crippen molar-refractivity contribution in [1.82, 2.24) is 9.99 Å². The van der Waals surface area contributed by atoms with Crippen LogP contribution in [0.25, 0.3) is 22.2 Å². The molecule has 1 aliphatic rings. The number of hydrogen-bond acceptors (Lipinski definition) is 6. The van der Waals surface area contributed by atoms with Crippen LogP contribution in [0.4, 0.5) is 5.69 Å². The molecule has 1 unspecified atom stereocenters. The molecular weight excluding hydrogens is 456 g/mol. The van der Waals surface area contributed by atoms with E-state index in [1.54, 1.807) is 6.07 Å². The number of aromatic nitrogens is 1. The third kappa shape index (κ3) is 3.84. The van der Waals surface area contributed by atoms with Crippen LogP contribution < -0.4 is 0 Å². The highest BCUT2D eigenvalue weighted by Crippen LogP contribution is 2.36. The Hall–Kier alpha value is -4.30. The lowest BCUT2D eigenvalue weighted by Gasteiger charge is -2.19. The van der Waals surface area contributed by atoms with Gasteiger partial charge >= 0.3 is 0 Å².